The topological polar surface area (TPSA) is 52.3 Å². The fourth-order valence-corrected chi connectivity index (χ4v) is 2.50. The highest BCUT2D eigenvalue weighted by Crippen LogP contribution is 2.30. The summed E-state index contributed by atoms with van der Waals surface area (Å²) in [5.74, 6) is -1.57. The largest absolute Gasteiger partial charge is 0.489 e. The molecule has 0 atom stereocenters. The van der Waals surface area contributed by atoms with E-state index in [4.69, 9.17) is 10.5 Å². The molecule has 0 aliphatic rings. The lowest BCUT2D eigenvalue weighted by Gasteiger charge is -2.12. The molecule has 3 aromatic carbocycles. The van der Waals surface area contributed by atoms with E-state index in [0.29, 0.717) is 12.4 Å². The molecule has 0 fully saturated rings. The number of carbonyl (C=O) groups is 1. The number of halogens is 2. The molecule has 0 heterocycles. The third kappa shape index (κ3) is 3.83. The van der Waals surface area contributed by atoms with Gasteiger partial charge in [0.25, 0.3) is 0 Å². The summed E-state index contributed by atoms with van der Waals surface area (Å²) in [4.78, 5) is 11.8. The zero-order valence-corrected chi connectivity index (χ0v) is 13.2. The van der Waals surface area contributed by atoms with Gasteiger partial charge in [0.2, 0.25) is 5.91 Å². The van der Waals surface area contributed by atoms with Gasteiger partial charge in [-0.3, -0.25) is 4.79 Å². The molecule has 0 aliphatic heterocycles. The number of hydrogen-bond donors (Lipinski definition) is 1. The molecular weight excluding hydrogens is 324 g/mol. The van der Waals surface area contributed by atoms with Crippen LogP contribution in [0.5, 0.6) is 5.75 Å². The monoisotopic (exact) mass is 339 g/mol. The average molecular weight is 339 g/mol. The SMILES string of the molecule is NC(=O)c1cc(OCc2ccccc2)ccc1-c1cc(F)ccc1F. The molecule has 0 unspecified atom stereocenters. The highest BCUT2D eigenvalue weighted by atomic mass is 19.1. The van der Waals surface area contributed by atoms with Crippen LogP contribution >= 0.6 is 0 Å². The number of benzene rings is 3. The van der Waals surface area contributed by atoms with Gasteiger partial charge < -0.3 is 10.5 Å². The van der Waals surface area contributed by atoms with Gasteiger partial charge in [-0.05, 0) is 47.5 Å². The molecule has 5 heteroatoms. The van der Waals surface area contributed by atoms with Gasteiger partial charge in [-0.25, -0.2) is 8.78 Å². The summed E-state index contributed by atoms with van der Waals surface area (Å²) in [6, 6.07) is 17.1. The molecular formula is C20H15F2NO2. The van der Waals surface area contributed by atoms with Crippen LogP contribution < -0.4 is 10.5 Å². The predicted molar refractivity (Wildman–Crippen MR) is 91.1 cm³/mol. The van der Waals surface area contributed by atoms with Crippen LogP contribution in [0.15, 0.2) is 66.7 Å². The molecule has 25 heavy (non-hydrogen) atoms. The Morgan fingerprint density at radius 3 is 2.40 bits per heavy atom. The fraction of sp³-hybridized carbons (Fsp3) is 0.0500. The second kappa shape index (κ2) is 7.13. The van der Waals surface area contributed by atoms with Gasteiger partial charge in [-0.15, -0.1) is 0 Å². The van der Waals surface area contributed by atoms with Gasteiger partial charge in [0.1, 0.15) is 24.0 Å². The predicted octanol–water partition coefficient (Wildman–Crippen LogP) is 4.31. The van der Waals surface area contributed by atoms with E-state index >= 15 is 0 Å². The Morgan fingerprint density at radius 1 is 0.920 bits per heavy atom. The zero-order valence-electron chi connectivity index (χ0n) is 13.2. The van der Waals surface area contributed by atoms with E-state index in [2.05, 4.69) is 0 Å². The minimum Gasteiger partial charge on any atom is -0.489 e. The first-order chi connectivity index (χ1) is 12.0. The van der Waals surface area contributed by atoms with E-state index in [1.165, 1.54) is 12.1 Å². The first kappa shape index (κ1) is 16.6. The van der Waals surface area contributed by atoms with E-state index in [0.717, 1.165) is 23.8 Å². The number of amides is 1. The maximum Gasteiger partial charge on any atom is 0.249 e. The van der Waals surface area contributed by atoms with Gasteiger partial charge in [-0.1, -0.05) is 30.3 Å². The van der Waals surface area contributed by atoms with Crippen molar-refractivity contribution in [1.29, 1.82) is 0 Å². The van der Waals surface area contributed by atoms with Crippen LogP contribution in [0, 0.1) is 11.6 Å². The van der Waals surface area contributed by atoms with Crippen LogP contribution in [-0.2, 0) is 6.61 Å². The van der Waals surface area contributed by atoms with E-state index in [-0.39, 0.29) is 16.7 Å². The molecule has 2 N–H and O–H groups in total. The molecule has 3 nitrogen and oxygen atoms in total. The van der Waals surface area contributed by atoms with E-state index in [1.54, 1.807) is 6.07 Å². The third-order valence-electron chi connectivity index (χ3n) is 3.72. The van der Waals surface area contributed by atoms with Gasteiger partial charge >= 0.3 is 0 Å². The summed E-state index contributed by atoms with van der Waals surface area (Å²) in [6.45, 7) is 0.312. The summed E-state index contributed by atoms with van der Waals surface area (Å²) >= 11 is 0. The fourth-order valence-electron chi connectivity index (χ4n) is 2.50. The summed E-state index contributed by atoms with van der Waals surface area (Å²) in [6.07, 6.45) is 0. The molecule has 0 aromatic heterocycles. The summed E-state index contributed by atoms with van der Waals surface area (Å²) in [7, 11) is 0. The number of hydrogen-bond acceptors (Lipinski definition) is 2. The molecule has 0 aliphatic carbocycles. The quantitative estimate of drug-likeness (QED) is 0.753. The van der Waals surface area contributed by atoms with Crippen molar-refractivity contribution < 1.29 is 18.3 Å². The Hall–Kier alpha value is -3.21. The maximum absolute atomic E-state index is 14.0. The van der Waals surface area contributed by atoms with Crippen LogP contribution in [0.1, 0.15) is 15.9 Å². The maximum atomic E-state index is 14.0. The molecule has 126 valence electrons. The summed E-state index contributed by atoms with van der Waals surface area (Å²) in [5, 5.41) is 0. The highest BCUT2D eigenvalue weighted by molar-refractivity contribution is 6.00. The van der Waals surface area contributed by atoms with Gasteiger partial charge in [0, 0.05) is 5.56 Å². The Bertz CT molecular complexity index is 911. The van der Waals surface area contributed by atoms with Crippen LogP contribution in [0.2, 0.25) is 0 Å². The Kier molecular flexibility index (Phi) is 4.75. The number of ether oxygens (including phenoxy) is 1. The van der Waals surface area contributed by atoms with Gasteiger partial charge in [0.05, 0.1) is 5.56 Å². The lowest BCUT2D eigenvalue weighted by Crippen LogP contribution is -2.13. The molecule has 0 radical (unpaired) electrons. The molecule has 3 rings (SSSR count). The lowest BCUT2D eigenvalue weighted by atomic mass is 9.98. The minimum absolute atomic E-state index is 0.0246. The van der Waals surface area contributed by atoms with E-state index in [9.17, 15) is 13.6 Å². The zero-order chi connectivity index (χ0) is 17.8. The van der Waals surface area contributed by atoms with Crippen molar-refractivity contribution in [2.45, 2.75) is 6.61 Å². The number of nitrogens with two attached hydrogens (primary N) is 1. The van der Waals surface area contributed by atoms with E-state index < -0.39 is 17.5 Å². The molecule has 0 spiro atoms. The molecule has 3 aromatic rings. The van der Waals surface area contributed by atoms with Crippen LogP contribution in [0.25, 0.3) is 11.1 Å². The molecule has 0 saturated heterocycles. The highest BCUT2D eigenvalue weighted by Gasteiger charge is 2.15. The van der Waals surface area contributed by atoms with Crippen LogP contribution in [0.4, 0.5) is 8.78 Å². The van der Waals surface area contributed by atoms with E-state index in [1.807, 2.05) is 30.3 Å². The smallest absolute Gasteiger partial charge is 0.249 e. The third-order valence-corrected chi connectivity index (χ3v) is 3.72. The first-order valence-corrected chi connectivity index (χ1v) is 7.60. The van der Waals surface area contributed by atoms with Crippen molar-refractivity contribution in [1.82, 2.24) is 0 Å². The van der Waals surface area contributed by atoms with Crippen molar-refractivity contribution in [2.24, 2.45) is 5.73 Å². The number of primary amides is 1. The summed E-state index contributed by atoms with van der Waals surface area (Å²) in [5.41, 5.74) is 6.63. The van der Waals surface area contributed by atoms with Crippen molar-refractivity contribution in [3.63, 3.8) is 0 Å². The second-order valence-corrected chi connectivity index (χ2v) is 5.47. The summed E-state index contributed by atoms with van der Waals surface area (Å²) < 4.78 is 33.1. The van der Waals surface area contributed by atoms with Crippen molar-refractivity contribution in [2.75, 3.05) is 0 Å². The Morgan fingerprint density at radius 2 is 1.68 bits per heavy atom. The van der Waals surface area contributed by atoms with Crippen molar-refractivity contribution in [3.05, 3.63) is 89.5 Å². The first-order valence-electron chi connectivity index (χ1n) is 7.60. The average Bonchev–Trinajstić information content (AvgIpc) is 2.62. The van der Waals surface area contributed by atoms with Gasteiger partial charge in [-0.2, -0.15) is 0 Å². The van der Waals surface area contributed by atoms with Crippen LogP contribution in [-0.4, -0.2) is 5.91 Å². The van der Waals surface area contributed by atoms with Crippen molar-refractivity contribution >= 4 is 5.91 Å². The van der Waals surface area contributed by atoms with Crippen LogP contribution in [0.3, 0.4) is 0 Å². The standard InChI is InChI=1S/C20H15F2NO2/c21-14-6-9-19(22)17(10-14)16-8-7-15(11-18(16)20(23)24)25-12-13-4-2-1-3-5-13/h1-11H,12H2,(H2,23,24). The Balaban J connectivity index is 1.93. The number of rotatable bonds is 5. The molecule has 0 bridgehead atoms. The number of carbonyl (C=O) groups excluding carboxylic acids is 1. The molecule has 0 saturated carbocycles. The minimum atomic E-state index is -0.746. The Labute approximate surface area is 143 Å². The van der Waals surface area contributed by atoms with Crippen molar-refractivity contribution in [3.8, 4) is 16.9 Å². The normalized spacial score (nSPS) is 10.5. The van der Waals surface area contributed by atoms with Gasteiger partial charge in [0.15, 0.2) is 0 Å². The lowest BCUT2D eigenvalue weighted by molar-refractivity contribution is 0.100. The second-order valence-electron chi connectivity index (χ2n) is 5.47. The molecule has 1 amide bonds.